The Kier molecular flexibility index (Phi) is 5.40. The van der Waals surface area contributed by atoms with Crippen LogP contribution < -0.4 is 10.1 Å². The first-order valence-electron chi connectivity index (χ1n) is 5.59. The van der Waals surface area contributed by atoms with Gasteiger partial charge in [-0.05, 0) is 37.0 Å². The van der Waals surface area contributed by atoms with Gasteiger partial charge in [0.25, 0.3) is 0 Å². The van der Waals surface area contributed by atoms with E-state index in [1.54, 1.807) is 14.2 Å². The lowest BCUT2D eigenvalue weighted by Gasteiger charge is -2.03. The van der Waals surface area contributed by atoms with E-state index in [1.807, 2.05) is 12.1 Å². The fourth-order valence-electron chi connectivity index (χ4n) is 1.53. The van der Waals surface area contributed by atoms with Crippen molar-refractivity contribution in [2.45, 2.75) is 25.7 Å². The van der Waals surface area contributed by atoms with Gasteiger partial charge in [0.15, 0.2) is 0 Å². The molecule has 1 amide bonds. The van der Waals surface area contributed by atoms with Crippen LogP contribution in [-0.4, -0.2) is 20.1 Å². The zero-order valence-corrected chi connectivity index (χ0v) is 9.95. The average molecular weight is 221 g/mol. The van der Waals surface area contributed by atoms with Gasteiger partial charge in [-0.25, -0.2) is 0 Å². The molecule has 3 nitrogen and oxygen atoms in total. The maximum Gasteiger partial charge on any atom is 0.219 e. The molecule has 1 aromatic carbocycles. The summed E-state index contributed by atoms with van der Waals surface area (Å²) in [7, 11) is 3.34. The van der Waals surface area contributed by atoms with Gasteiger partial charge in [0.1, 0.15) is 5.75 Å². The van der Waals surface area contributed by atoms with Crippen molar-refractivity contribution in [3.05, 3.63) is 29.8 Å². The second-order valence-electron chi connectivity index (χ2n) is 3.73. The van der Waals surface area contributed by atoms with Crippen molar-refractivity contribution in [3.8, 4) is 5.75 Å². The number of methoxy groups -OCH3 is 1. The Morgan fingerprint density at radius 2 is 1.94 bits per heavy atom. The number of nitrogens with one attached hydrogen (secondary N) is 1. The van der Waals surface area contributed by atoms with Crippen LogP contribution in [0.1, 0.15) is 24.8 Å². The Morgan fingerprint density at radius 3 is 2.50 bits per heavy atom. The molecule has 1 N–H and O–H groups in total. The Bertz CT molecular complexity index is 319. The predicted octanol–water partition coefficient (Wildman–Crippen LogP) is 2.15. The molecule has 0 aliphatic rings. The van der Waals surface area contributed by atoms with Crippen LogP contribution >= 0.6 is 0 Å². The molecule has 0 unspecified atom stereocenters. The van der Waals surface area contributed by atoms with Gasteiger partial charge in [-0.1, -0.05) is 12.1 Å². The molecule has 1 aromatic rings. The minimum Gasteiger partial charge on any atom is -0.497 e. The molecule has 0 heterocycles. The lowest BCUT2D eigenvalue weighted by atomic mass is 10.1. The van der Waals surface area contributed by atoms with Crippen molar-refractivity contribution in [2.24, 2.45) is 0 Å². The number of ether oxygens (including phenoxy) is 1. The average Bonchev–Trinajstić information content (AvgIpc) is 2.35. The lowest BCUT2D eigenvalue weighted by Crippen LogP contribution is -2.16. The maximum atomic E-state index is 11.0. The first-order chi connectivity index (χ1) is 7.76. The first-order valence-corrected chi connectivity index (χ1v) is 5.59. The summed E-state index contributed by atoms with van der Waals surface area (Å²) in [4.78, 5) is 11.0. The quantitative estimate of drug-likeness (QED) is 0.747. The van der Waals surface area contributed by atoms with Crippen LogP contribution in [0.5, 0.6) is 5.75 Å². The summed E-state index contributed by atoms with van der Waals surface area (Å²) >= 11 is 0. The third kappa shape index (κ3) is 4.34. The molecule has 0 aromatic heterocycles. The summed E-state index contributed by atoms with van der Waals surface area (Å²) in [6.07, 6.45) is 3.61. The van der Waals surface area contributed by atoms with Gasteiger partial charge in [-0.3, -0.25) is 4.79 Å². The Hall–Kier alpha value is -1.51. The maximum absolute atomic E-state index is 11.0. The van der Waals surface area contributed by atoms with Crippen LogP contribution in [0.15, 0.2) is 24.3 Å². The highest BCUT2D eigenvalue weighted by atomic mass is 16.5. The summed E-state index contributed by atoms with van der Waals surface area (Å²) < 4.78 is 5.09. The largest absolute Gasteiger partial charge is 0.497 e. The third-order valence-corrected chi connectivity index (χ3v) is 2.56. The van der Waals surface area contributed by atoms with E-state index in [1.165, 1.54) is 5.56 Å². The number of amides is 1. The molecule has 16 heavy (non-hydrogen) atoms. The van der Waals surface area contributed by atoms with E-state index in [0.717, 1.165) is 25.0 Å². The number of hydrogen-bond acceptors (Lipinski definition) is 2. The summed E-state index contributed by atoms with van der Waals surface area (Å²) in [5.41, 5.74) is 1.29. The van der Waals surface area contributed by atoms with E-state index in [-0.39, 0.29) is 5.91 Å². The molecule has 0 atom stereocenters. The molecule has 1 rings (SSSR count). The van der Waals surface area contributed by atoms with Crippen molar-refractivity contribution in [1.29, 1.82) is 0 Å². The van der Waals surface area contributed by atoms with Crippen LogP contribution in [-0.2, 0) is 11.2 Å². The van der Waals surface area contributed by atoms with E-state index >= 15 is 0 Å². The summed E-state index contributed by atoms with van der Waals surface area (Å²) in [5.74, 6) is 1.00. The van der Waals surface area contributed by atoms with Gasteiger partial charge in [0, 0.05) is 13.5 Å². The molecule has 0 saturated carbocycles. The normalized spacial score (nSPS) is 9.88. The fourth-order valence-corrected chi connectivity index (χ4v) is 1.53. The molecule has 0 spiro atoms. The summed E-state index contributed by atoms with van der Waals surface area (Å²) in [6.45, 7) is 0. The Labute approximate surface area is 96.8 Å². The molecular formula is C13H19NO2. The SMILES string of the molecule is CNC(=O)CCCCc1ccc(OC)cc1. The fraction of sp³-hybridized carbons (Fsp3) is 0.462. The molecule has 88 valence electrons. The number of carbonyl (C=O) groups is 1. The molecule has 0 bridgehead atoms. The third-order valence-electron chi connectivity index (χ3n) is 2.56. The molecule has 0 aliphatic carbocycles. The van der Waals surface area contributed by atoms with Crippen molar-refractivity contribution < 1.29 is 9.53 Å². The molecule has 0 radical (unpaired) electrons. The van der Waals surface area contributed by atoms with Gasteiger partial charge in [0.05, 0.1) is 7.11 Å². The highest BCUT2D eigenvalue weighted by molar-refractivity contribution is 5.75. The van der Waals surface area contributed by atoms with Crippen LogP contribution in [0.2, 0.25) is 0 Å². The topological polar surface area (TPSA) is 38.3 Å². The van der Waals surface area contributed by atoms with Crippen LogP contribution in [0.4, 0.5) is 0 Å². The second-order valence-corrected chi connectivity index (χ2v) is 3.73. The van der Waals surface area contributed by atoms with Crippen molar-refractivity contribution in [3.63, 3.8) is 0 Å². The smallest absolute Gasteiger partial charge is 0.219 e. The number of carbonyl (C=O) groups excluding carboxylic acids is 1. The highest BCUT2D eigenvalue weighted by Crippen LogP contribution is 2.13. The van der Waals surface area contributed by atoms with Crippen molar-refractivity contribution >= 4 is 5.91 Å². The first kappa shape index (κ1) is 12.6. The lowest BCUT2D eigenvalue weighted by molar-refractivity contribution is -0.120. The summed E-state index contributed by atoms with van der Waals surface area (Å²) in [5, 5.41) is 2.62. The van der Waals surface area contributed by atoms with E-state index in [9.17, 15) is 4.79 Å². The monoisotopic (exact) mass is 221 g/mol. The zero-order chi connectivity index (χ0) is 11.8. The van der Waals surface area contributed by atoms with E-state index < -0.39 is 0 Å². The Morgan fingerprint density at radius 1 is 1.25 bits per heavy atom. The number of rotatable bonds is 6. The molecule has 0 saturated heterocycles. The highest BCUT2D eigenvalue weighted by Gasteiger charge is 1.98. The molecule has 0 aliphatic heterocycles. The van der Waals surface area contributed by atoms with Crippen LogP contribution in [0.25, 0.3) is 0 Å². The zero-order valence-electron chi connectivity index (χ0n) is 9.95. The molecule has 0 fully saturated rings. The van der Waals surface area contributed by atoms with E-state index in [0.29, 0.717) is 6.42 Å². The van der Waals surface area contributed by atoms with Gasteiger partial charge in [-0.2, -0.15) is 0 Å². The molecule has 3 heteroatoms. The molecular weight excluding hydrogens is 202 g/mol. The number of benzene rings is 1. The summed E-state index contributed by atoms with van der Waals surface area (Å²) in [6, 6.07) is 8.07. The number of aryl methyl sites for hydroxylation is 1. The predicted molar refractivity (Wildman–Crippen MR) is 64.6 cm³/mol. The van der Waals surface area contributed by atoms with Gasteiger partial charge >= 0.3 is 0 Å². The minimum absolute atomic E-state index is 0.120. The number of hydrogen-bond donors (Lipinski definition) is 1. The standard InChI is InChI=1S/C13H19NO2/c1-14-13(15)6-4-3-5-11-7-9-12(16-2)10-8-11/h7-10H,3-6H2,1-2H3,(H,14,15). The van der Waals surface area contributed by atoms with Crippen LogP contribution in [0, 0.1) is 0 Å². The van der Waals surface area contributed by atoms with E-state index in [2.05, 4.69) is 17.4 Å². The number of unbranched alkanes of at least 4 members (excludes halogenated alkanes) is 1. The van der Waals surface area contributed by atoms with Crippen LogP contribution in [0.3, 0.4) is 0 Å². The van der Waals surface area contributed by atoms with Gasteiger partial charge in [-0.15, -0.1) is 0 Å². The van der Waals surface area contributed by atoms with Gasteiger partial charge in [0.2, 0.25) is 5.91 Å². The minimum atomic E-state index is 0.120. The van der Waals surface area contributed by atoms with Crippen molar-refractivity contribution in [2.75, 3.05) is 14.2 Å². The van der Waals surface area contributed by atoms with E-state index in [4.69, 9.17) is 4.74 Å². The van der Waals surface area contributed by atoms with Crippen molar-refractivity contribution in [1.82, 2.24) is 5.32 Å². The second kappa shape index (κ2) is 6.88. The Balaban J connectivity index is 2.24. The van der Waals surface area contributed by atoms with Gasteiger partial charge < -0.3 is 10.1 Å².